The van der Waals surface area contributed by atoms with Gasteiger partial charge in [-0.3, -0.25) is 4.79 Å². The molecular formula is C11H9FN2O. The first-order valence-electron chi connectivity index (χ1n) is 4.45. The van der Waals surface area contributed by atoms with Crippen molar-refractivity contribution in [2.24, 2.45) is 7.05 Å². The van der Waals surface area contributed by atoms with Crippen LogP contribution in [0.4, 0.5) is 4.39 Å². The Bertz CT molecular complexity index is 505. The van der Waals surface area contributed by atoms with E-state index >= 15 is 0 Å². The van der Waals surface area contributed by atoms with Gasteiger partial charge < -0.3 is 4.57 Å². The van der Waals surface area contributed by atoms with Gasteiger partial charge in [0.15, 0.2) is 6.29 Å². The van der Waals surface area contributed by atoms with Gasteiger partial charge in [0.25, 0.3) is 0 Å². The molecule has 3 nitrogen and oxygen atoms in total. The molecule has 0 atom stereocenters. The Hall–Kier alpha value is -1.97. The molecule has 0 saturated heterocycles. The zero-order valence-electron chi connectivity index (χ0n) is 8.14. The van der Waals surface area contributed by atoms with Crippen molar-refractivity contribution in [2.45, 2.75) is 0 Å². The van der Waals surface area contributed by atoms with Crippen molar-refractivity contribution in [3.8, 4) is 11.4 Å². The van der Waals surface area contributed by atoms with Gasteiger partial charge in [-0.05, 0) is 12.1 Å². The summed E-state index contributed by atoms with van der Waals surface area (Å²) < 4.78 is 14.6. The molecule has 0 spiro atoms. The van der Waals surface area contributed by atoms with Crippen molar-refractivity contribution < 1.29 is 9.18 Å². The van der Waals surface area contributed by atoms with Gasteiger partial charge >= 0.3 is 0 Å². The number of hydrogen-bond donors (Lipinski definition) is 0. The van der Waals surface area contributed by atoms with E-state index in [0.29, 0.717) is 17.1 Å². The lowest BCUT2D eigenvalue weighted by molar-refractivity contribution is 0.111. The van der Waals surface area contributed by atoms with E-state index in [1.165, 1.54) is 18.3 Å². The minimum atomic E-state index is -0.317. The summed E-state index contributed by atoms with van der Waals surface area (Å²) in [7, 11) is 1.72. The third kappa shape index (κ3) is 1.66. The van der Waals surface area contributed by atoms with Gasteiger partial charge in [0.05, 0.1) is 6.20 Å². The lowest BCUT2D eigenvalue weighted by Gasteiger charge is -2.02. The smallest absolute Gasteiger partial charge is 0.168 e. The normalized spacial score (nSPS) is 10.3. The first-order valence-corrected chi connectivity index (χ1v) is 4.45. The SMILES string of the molecule is Cn1c(C=O)cnc1-c1cccc(F)c1. The Labute approximate surface area is 86.2 Å². The predicted molar refractivity (Wildman–Crippen MR) is 54.0 cm³/mol. The van der Waals surface area contributed by atoms with Crippen LogP contribution in [0.5, 0.6) is 0 Å². The molecule has 0 bridgehead atoms. The van der Waals surface area contributed by atoms with E-state index in [2.05, 4.69) is 4.98 Å². The van der Waals surface area contributed by atoms with Crippen LogP contribution >= 0.6 is 0 Å². The van der Waals surface area contributed by atoms with Gasteiger partial charge in [-0.2, -0.15) is 0 Å². The topological polar surface area (TPSA) is 34.9 Å². The van der Waals surface area contributed by atoms with E-state index in [1.54, 1.807) is 23.7 Å². The van der Waals surface area contributed by atoms with E-state index in [4.69, 9.17) is 0 Å². The second kappa shape index (κ2) is 3.65. The minimum Gasteiger partial charge on any atom is -0.325 e. The Kier molecular flexibility index (Phi) is 2.33. The molecule has 1 aromatic heterocycles. The number of carbonyl (C=O) groups excluding carboxylic acids is 1. The molecule has 1 aromatic carbocycles. The van der Waals surface area contributed by atoms with Crippen molar-refractivity contribution in [3.05, 3.63) is 42.0 Å². The van der Waals surface area contributed by atoms with Crippen LogP contribution in [0.3, 0.4) is 0 Å². The maximum absolute atomic E-state index is 13.0. The van der Waals surface area contributed by atoms with Crippen LogP contribution in [-0.2, 0) is 7.05 Å². The third-order valence-electron chi connectivity index (χ3n) is 2.23. The van der Waals surface area contributed by atoms with Crippen molar-refractivity contribution in [2.75, 3.05) is 0 Å². The molecule has 0 N–H and O–H groups in total. The number of imidazole rings is 1. The molecule has 1 heterocycles. The van der Waals surface area contributed by atoms with E-state index < -0.39 is 0 Å². The van der Waals surface area contributed by atoms with Crippen molar-refractivity contribution in [3.63, 3.8) is 0 Å². The monoisotopic (exact) mass is 204 g/mol. The molecule has 0 aliphatic rings. The number of aldehydes is 1. The predicted octanol–water partition coefficient (Wildman–Crippen LogP) is 2.04. The van der Waals surface area contributed by atoms with Gasteiger partial charge in [-0.25, -0.2) is 9.37 Å². The van der Waals surface area contributed by atoms with Crippen molar-refractivity contribution in [1.82, 2.24) is 9.55 Å². The Balaban J connectivity index is 2.54. The molecule has 4 heteroatoms. The maximum atomic E-state index is 13.0. The first-order chi connectivity index (χ1) is 7.22. The van der Waals surface area contributed by atoms with Crippen LogP contribution in [0, 0.1) is 5.82 Å². The molecule has 76 valence electrons. The average molecular weight is 204 g/mol. The molecule has 0 amide bonds. The zero-order valence-corrected chi connectivity index (χ0v) is 8.14. The summed E-state index contributed by atoms with van der Waals surface area (Å²) in [4.78, 5) is 14.7. The standard InChI is InChI=1S/C11H9FN2O/c1-14-10(7-15)6-13-11(14)8-3-2-4-9(12)5-8/h2-7H,1H3. The highest BCUT2D eigenvalue weighted by Gasteiger charge is 2.08. The number of benzene rings is 1. The molecule has 2 aromatic rings. The number of nitrogens with zero attached hydrogens (tertiary/aromatic N) is 2. The van der Waals surface area contributed by atoms with E-state index in [1.807, 2.05) is 0 Å². The fourth-order valence-electron chi connectivity index (χ4n) is 1.43. The largest absolute Gasteiger partial charge is 0.325 e. The summed E-state index contributed by atoms with van der Waals surface area (Å²) in [6.45, 7) is 0. The van der Waals surface area contributed by atoms with Gasteiger partial charge in [0.2, 0.25) is 0 Å². The number of aromatic nitrogens is 2. The van der Waals surface area contributed by atoms with E-state index in [-0.39, 0.29) is 5.82 Å². The zero-order chi connectivity index (χ0) is 10.8. The molecule has 2 rings (SSSR count). The van der Waals surface area contributed by atoms with Crippen LogP contribution < -0.4 is 0 Å². The molecule has 0 unspecified atom stereocenters. The third-order valence-corrected chi connectivity index (χ3v) is 2.23. The number of carbonyl (C=O) groups is 1. The highest BCUT2D eigenvalue weighted by atomic mass is 19.1. The van der Waals surface area contributed by atoms with Gasteiger partial charge in [0.1, 0.15) is 17.3 Å². The van der Waals surface area contributed by atoms with Gasteiger partial charge in [-0.15, -0.1) is 0 Å². The summed E-state index contributed by atoms with van der Waals surface area (Å²) in [5.74, 6) is 0.264. The summed E-state index contributed by atoms with van der Waals surface area (Å²) in [6, 6.07) is 6.11. The molecule has 0 aliphatic carbocycles. The van der Waals surface area contributed by atoms with Crippen LogP contribution in [0.25, 0.3) is 11.4 Å². The lowest BCUT2D eigenvalue weighted by atomic mass is 10.2. The van der Waals surface area contributed by atoms with E-state index in [0.717, 1.165) is 6.29 Å². The van der Waals surface area contributed by atoms with Crippen LogP contribution in [0.1, 0.15) is 10.5 Å². The fraction of sp³-hybridized carbons (Fsp3) is 0.0909. The summed E-state index contributed by atoms with van der Waals surface area (Å²) >= 11 is 0. The molecular weight excluding hydrogens is 195 g/mol. The van der Waals surface area contributed by atoms with E-state index in [9.17, 15) is 9.18 Å². The Morgan fingerprint density at radius 1 is 1.47 bits per heavy atom. The molecule has 0 fully saturated rings. The van der Waals surface area contributed by atoms with Crippen LogP contribution in [-0.4, -0.2) is 15.8 Å². The summed E-state index contributed by atoms with van der Waals surface area (Å²) in [5.41, 5.74) is 1.12. The second-order valence-corrected chi connectivity index (χ2v) is 3.19. The van der Waals surface area contributed by atoms with Gasteiger partial charge in [-0.1, -0.05) is 12.1 Å². The number of halogens is 1. The van der Waals surface area contributed by atoms with Gasteiger partial charge in [0, 0.05) is 12.6 Å². The summed E-state index contributed by atoms with van der Waals surface area (Å²) in [5, 5.41) is 0. The molecule has 0 aliphatic heterocycles. The summed E-state index contributed by atoms with van der Waals surface area (Å²) in [6.07, 6.45) is 2.18. The van der Waals surface area contributed by atoms with Crippen LogP contribution in [0.15, 0.2) is 30.5 Å². The number of rotatable bonds is 2. The Morgan fingerprint density at radius 3 is 2.87 bits per heavy atom. The van der Waals surface area contributed by atoms with Crippen molar-refractivity contribution in [1.29, 1.82) is 0 Å². The molecule has 0 radical (unpaired) electrons. The van der Waals surface area contributed by atoms with Crippen LogP contribution in [0.2, 0.25) is 0 Å². The maximum Gasteiger partial charge on any atom is 0.168 e. The first kappa shape index (κ1) is 9.58. The highest BCUT2D eigenvalue weighted by molar-refractivity contribution is 5.74. The lowest BCUT2D eigenvalue weighted by Crippen LogP contribution is -1.97. The minimum absolute atomic E-state index is 0.317. The highest BCUT2D eigenvalue weighted by Crippen LogP contribution is 2.18. The Morgan fingerprint density at radius 2 is 2.27 bits per heavy atom. The molecule has 0 saturated carbocycles. The quantitative estimate of drug-likeness (QED) is 0.701. The van der Waals surface area contributed by atoms with Crippen molar-refractivity contribution >= 4 is 6.29 Å². The number of hydrogen-bond acceptors (Lipinski definition) is 2. The molecule has 15 heavy (non-hydrogen) atoms. The average Bonchev–Trinajstić information content (AvgIpc) is 2.59. The fourth-order valence-corrected chi connectivity index (χ4v) is 1.43. The second-order valence-electron chi connectivity index (χ2n) is 3.19.